The maximum atomic E-state index is 8.79. The van der Waals surface area contributed by atoms with Crippen molar-refractivity contribution in [3.63, 3.8) is 0 Å². The van der Waals surface area contributed by atoms with Crippen molar-refractivity contribution in [2.45, 2.75) is 32.9 Å². The van der Waals surface area contributed by atoms with E-state index in [4.69, 9.17) is 5.26 Å². The predicted octanol–water partition coefficient (Wildman–Crippen LogP) is 2.79. The second kappa shape index (κ2) is 4.46. The Bertz CT molecular complexity index is 369. The lowest BCUT2D eigenvalue weighted by atomic mass is 10.0. The molecular weight excluding hydrogens is 184 g/mol. The van der Waals surface area contributed by atoms with E-state index in [1.54, 1.807) is 0 Å². The van der Waals surface area contributed by atoms with Crippen LogP contribution in [0.25, 0.3) is 0 Å². The number of nitriles is 1. The maximum Gasteiger partial charge on any atom is 0.0991 e. The lowest BCUT2D eigenvalue weighted by Gasteiger charge is -2.31. The average molecular weight is 202 g/mol. The molecule has 0 aliphatic heterocycles. The summed E-state index contributed by atoms with van der Waals surface area (Å²) in [5.41, 5.74) is 2.07. The molecule has 0 saturated heterocycles. The van der Waals surface area contributed by atoms with Gasteiger partial charge in [0.1, 0.15) is 0 Å². The topological polar surface area (TPSA) is 27.0 Å². The molecule has 1 aromatic rings. The van der Waals surface area contributed by atoms with Gasteiger partial charge in [0.15, 0.2) is 0 Å². The van der Waals surface area contributed by atoms with Gasteiger partial charge in [-0.25, -0.2) is 0 Å². The highest BCUT2D eigenvalue weighted by atomic mass is 15.1. The van der Waals surface area contributed by atoms with Crippen LogP contribution in [0.3, 0.4) is 0 Å². The molecule has 1 aromatic carbocycles. The molecule has 0 radical (unpaired) electrons. The SMILES string of the molecule is CN(Cc1cccc(C#N)c1)C(C)(C)C. The first-order chi connectivity index (χ1) is 6.93. The summed E-state index contributed by atoms with van der Waals surface area (Å²) in [4.78, 5) is 2.27. The van der Waals surface area contributed by atoms with Gasteiger partial charge in [-0.15, -0.1) is 0 Å². The van der Waals surface area contributed by atoms with Gasteiger partial charge in [-0.3, -0.25) is 4.90 Å². The molecule has 0 unspecified atom stereocenters. The Labute approximate surface area is 92.1 Å². The van der Waals surface area contributed by atoms with Crippen LogP contribution in [0.4, 0.5) is 0 Å². The molecule has 80 valence electrons. The van der Waals surface area contributed by atoms with E-state index in [0.29, 0.717) is 0 Å². The maximum absolute atomic E-state index is 8.79. The molecule has 0 heterocycles. The van der Waals surface area contributed by atoms with Crippen LogP contribution in [0.15, 0.2) is 24.3 Å². The van der Waals surface area contributed by atoms with E-state index >= 15 is 0 Å². The van der Waals surface area contributed by atoms with Crippen molar-refractivity contribution in [1.82, 2.24) is 4.90 Å². The number of hydrogen-bond acceptors (Lipinski definition) is 2. The number of hydrogen-bond donors (Lipinski definition) is 0. The van der Waals surface area contributed by atoms with E-state index in [1.807, 2.05) is 18.2 Å². The smallest absolute Gasteiger partial charge is 0.0991 e. The summed E-state index contributed by atoms with van der Waals surface area (Å²) in [5, 5.41) is 8.79. The number of rotatable bonds is 2. The quantitative estimate of drug-likeness (QED) is 0.737. The summed E-state index contributed by atoms with van der Waals surface area (Å²) in [6, 6.07) is 9.93. The van der Waals surface area contributed by atoms with Crippen molar-refractivity contribution >= 4 is 0 Å². The van der Waals surface area contributed by atoms with Gasteiger partial charge in [-0.05, 0) is 45.5 Å². The third-order valence-electron chi connectivity index (χ3n) is 2.62. The summed E-state index contributed by atoms with van der Waals surface area (Å²) in [5.74, 6) is 0. The lowest BCUT2D eigenvalue weighted by molar-refractivity contribution is 0.167. The minimum Gasteiger partial charge on any atom is -0.297 e. The first kappa shape index (κ1) is 11.7. The van der Waals surface area contributed by atoms with Gasteiger partial charge in [0.2, 0.25) is 0 Å². The highest BCUT2D eigenvalue weighted by Crippen LogP contribution is 2.15. The molecular formula is C13H18N2. The molecule has 1 rings (SSSR count). The number of nitrogens with zero attached hydrogens (tertiary/aromatic N) is 2. The molecule has 0 aliphatic rings. The molecule has 0 spiro atoms. The Balaban J connectivity index is 2.78. The second-order valence-corrected chi connectivity index (χ2v) is 4.84. The van der Waals surface area contributed by atoms with Gasteiger partial charge in [-0.1, -0.05) is 12.1 Å². The normalized spacial score (nSPS) is 11.5. The van der Waals surface area contributed by atoms with Crippen LogP contribution in [0.1, 0.15) is 31.9 Å². The zero-order chi connectivity index (χ0) is 11.5. The monoisotopic (exact) mass is 202 g/mol. The fraction of sp³-hybridized carbons (Fsp3) is 0.462. The van der Waals surface area contributed by atoms with Crippen LogP contribution in [0, 0.1) is 11.3 Å². The van der Waals surface area contributed by atoms with E-state index < -0.39 is 0 Å². The van der Waals surface area contributed by atoms with Gasteiger partial charge in [-0.2, -0.15) is 5.26 Å². The van der Waals surface area contributed by atoms with Crippen LogP contribution < -0.4 is 0 Å². The van der Waals surface area contributed by atoms with E-state index in [-0.39, 0.29) is 5.54 Å². The Morgan fingerprint density at radius 1 is 1.33 bits per heavy atom. The fourth-order valence-corrected chi connectivity index (χ4v) is 1.25. The van der Waals surface area contributed by atoms with E-state index in [1.165, 1.54) is 5.56 Å². The lowest BCUT2D eigenvalue weighted by Crippen LogP contribution is -2.37. The zero-order valence-corrected chi connectivity index (χ0v) is 9.91. The molecule has 0 fully saturated rings. The highest BCUT2D eigenvalue weighted by molar-refractivity contribution is 5.32. The minimum atomic E-state index is 0.155. The van der Waals surface area contributed by atoms with Gasteiger partial charge >= 0.3 is 0 Å². The van der Waals surface area contributed by atoms with Crippen LogP contribution >= 0.6 is 0 Å². The highest BCUT2D eigenvalue weighted by Gasteiger charge is 2.16. The van der Waals surface area contributed by atoms with Crippen molar-refractivity contribution in [3.05, 3.63) is 35.4 Å². The van der Waals surface area contributed by atoms with Gasteiger partial charge in [0, 0.05) is 12.1 Å². The third kappa shape index (κ3) is 3.38. The van der Waals surface area contributed by atoms with Crippen LogP contribution in [-0.4, -0.2) is 17.5 Å². The summed E-state index contributed by atoms with van der Waals surface area (Å²) < 4.78 is 0. The summed E-state index contributed by atoms with van der Waals surface area (Å²) in [6.07, 6.45) is 0. The van der Waals surface area contributed by atoms with Crippen molar-refractivity contribution in [3.8, 4) is 6.07 Å². The van der Waals surface area contributed by atoms with Crippen LogP contribution in [-0.2, 0) is 6.54 Å². The molecule has 2 nitrogen and oxygen atoms in total. The van der Waals surface area contributed by atoms with Crippen LogP contribution in [0.2, 0.25) is 0 Å². The summed E-state index contributed by atoms with van der Waals surface area (Å²) in [7, 11) is 2.10. The summed E-state index contributed by atoms with van der Waals surface area (Å²) in [6.45, 7) is 7.42. The van der Waals surface area contributed by atoms with Crippen molar-refractivity contribution in [2.75, 3.05) is 7.05 Å². The van der Waals surface area contributed by atoms with Crippen LogP contribution in [0.5, 0.6) is 0 Å². The molecule has 0 aliphatic carbocycles. The van der Waals surface area contributed by atoms with E-state index in [2.05, 4.69) is 44.9 Å². The Morgan fingerprint density at radius 2 is 2.00 bits per heavy atom. The van der Waals surface area contributed by atoms with Gasteiger partial charge in [0.05, 0.1) is 11.6 Å². The van der Waals surface area contributed by atoms with E-state index in [0.717, 1.165) is 12.1 Å². The molecule has 15 heavy (non-hydrogen) atoms. The molecule has 0 atom stereocenters. The standard InChI is InChI=1S/C13H18N2/c1-13(2,3)15(4)10-12-7-5-6-11(8-12)9-14/h5-8H,10H2,1-4H3. The van der Waals surface area contributed by atoms with Crippen molar-refractivity contribution < 1.29 is 0 Å². The third-order valence-corrected chi connectivity index (χ3v) is 2.62. The average Bonchev–Trinajstić information content (AvgIpc) is 2.16. The molecule has 0 N–H and O–H groups in total. The Kier molecular flexibility index (Phi) is 3.49. The van der Waals surface area contributed by atoms with E-state index in [9.17, 15) is 0 Å². The fourth-order valence-electron chi connectivity index (χ4n) is 1.25. The first-order valence-electron chi connectivity index (χ1n) is 5.14. The Morgan fingerprint density at radius 3 is 2.53 bits per heavy atom. The number of benzene rings is 1. The molecule has 0 aromatic heterocycles. The largest absolute Gasteiger partial charge is 0.297 e. The summed E-state index contributed by atoms with van der Waals surface area (Å²) >= 11 is 0. The minimum absolute atomic E-state index is 0.155. The zero-order valence-electron chi connectivity index (χ0n) is 9.91. The first-order valence-corrected chi connectivity index (χ1v) is 5.14. The van der Waals surface area contributed by atoms with Crippen molar-refractivity contribution in [2.24, 2.45) is 0 Å². The molecule has 0 bridgehead atoms. The second-order valence-electron chi connectivity index (χ2n) is 4.84. The molecule has 2 heteroatoms. The van der Waals surface area contributed by atoms with Crippen molar-refractivity contribution in [1.29, 1.82) is 5.26 Å². The molecule has 0 saturated carbocycles. The Hall–Kier alpha value is -1.33. The predicted molar refractivity (Wildman–Crippen MR) is 62.4 cm³/mol. The molecule has 0 amide bonds. The van der Waals surface area contributed by atoms with Gasteiger partial charge < -0.3 is 0 Å². The van der Waals surface area contributed by atoms with Gasteiger partial charge in [0.25, 0.3) is 0 Å².